The molecule has 0 radical (unpaired) electrons. The molecule has 1 fully saturated rings. The van der Waals surface area contributed by atoms with Crippen LogP contribution in [-0.2, 0) is 14.5 Å². The molecule has 0 bridgehead atoms. The molecule has 1 rings (SSSR count). The molecular weight excluding hydrogens is 348 g/mol. The second-order valence-corrected chi connectivity index (χ2v) is 14.2. The van der Waals surface area contributed by atoms with Crippen molar-refractivity contribution in [1.29, 1.82) is 0 Å². The Balaban J connectivity index is 2.74. The first-order valence-electron chi connectivity index (χ1n) is 8.25. The lowest BCUT2D eigenvalue weighted by molar-refractivity contribution is 0.0615. The van der Waals surface area contributed by atoms with Crippen LogP contribution in [0.3, 0.4) is 0 Å². The van der Waals surface area contributed by atoms with Gasteiger partial charge < -0.3 is 9.33 Å². The number of hydrogen-bond acceptors (Lipinski definition) is 5. The predicted octanol–water partition coefficient (Wildman–Crippen LogP) is 3.04. The molecule has 0 saturated carbocycles. The van der Waals surface area contributed by atoms with E-state index in [1.54, 1.807) is 0 Å². The molecule has 24 heavy (non-hydrogen) atoms. The molecule has 8 nitrogen and oxygen atoms in total. The second-order valence-electron chi connectivity index (χ2n) is 7.92. The van der Waals surface area contributed by atoms with E-state index in [9.17, 15) is 8.42 Å². The van der Waals surface area contributed by atoms with Crippen molar-refractivity contribution in [3.63, 3.8) is 0 Å². The highest BCUT2D eigenvalue weighted by Gasteiger charge is 2.42. The van der Waals surface area contributed by atoms with Gasteiger partial charge in [0.15, 0.2) is 8.32 Å². The van der Waals surface area contributed by atoms with Crippen molar-refractivity contribution >= 4 is 18.4 Å². The highest BCUT2D eigenvalue weighted by atomic mass is 32.2. The van der Waals surface area contributed by atoms with Gasteiger partial charge in [-0.1, -0.05) is 25.9 Å². The predicted molar refractivity (Wildman–Crippen MR) is 97.1 cm³/mol. The maximum Gasteiger partial charge on any atom is 0.264 e. The molecule has 10 heteroatoms. The van der Waals surface area contributed by atoms with Crippen molar-refractivity contribution in [2.75, 3.05) is 25.4 Å². The lowest BCUT2D eigenvalue weighted by Gasteiger charge is -2.44. The minimum absolute atomic E-state index is 0.0567. The van der Waals surface area contributed by atoms with E-state index >= 15 is 0 Å². The lowest BCUT2D eigenvalue weighted by Crippen LogP contribution is -2.54. The summed E-state index contributed by atoms with van der Waals surface area (Å²) in [5, 5.41) is 3.96. The first kappa shape index (κ1) is 21.4. The van der Waals surface area contributed by atoms with E-state index in [0.717, 1.165) is 6.54 Å². The molecule has 1 aliphatic heterocycles. The largest absolute Gasteiger partial charge is 0.412 e. The molecule has 0 aromatic heterocycles. The van der Waals surface area contributed by atoms with Gasteiger partial charge in [0.1, 0.15) is 0 Å². The Hall–Kier alpha value is -0.643. The van der Waals surface area contributed by atoms with Gasteiger partial charge in [0.05, 0.1) is 17.9 Å². The average molecular weight is 379 g/mol. The van der Waals surface area contributed by atoms with Gasteiger partial charge >= 0.3 is 0 Å². The molecular formula is C14H30N4O4SSi. The highest BCUT2D eigenvalue weighted by molar-refractivity contribution is 7.85. The van der Waals surface area contributed by atoms with Crippen LogP contribution in [0.1, 0.15) is 33.6 Å². The standard InChI is InChI=1S/C14H30N4O4SSi/c1-14(2,3)24(4,5)22-13-11-18(8-6-10-23(19,20)21)9-7-12(13)16-17-15/h12-13H,6-11H2,1-5H3,(H,19,20,21)/t12-,13+/m1/s1. The number of likely N-dealkylation sites (tertiary alicyclic amines) is 1. The molecule has 0 aromatic rings. The van der Waals surface area contributed by atoms with Crippen molar-refractivity contribution < 1.29 is 17.4 Å². The van der Waals surface area contributed by atoms with Gasteiger partial charge in [-0.05, 0) is 49.6 Å². The Kier molecular flexibility index (Phi) is 7.27. The molecule has 1 N–H and O–H groups in total. The third-order valence-electron chi connectivity index (χ3n) is 4.94. The summed E-state index contributed by atoms with van der Waals surface area (Å²) in [6, 6.07) is -0.193. The summed E-state index contributed by atoms with van der Waals surface area (Å²) in [5.41, 5.74) is 8.80. The van der Waals surface area contributed by atoms with Crippen LogP contribution in [-0.4, -0.2) is 63.7 Å². The van der Waals surface area contributed by atoms with E-state index in [1.165, 1.54) is 0 Å². The molecule has 0 unspecified atom stereocenters. The van der Waals surface area contributed by atoms with Crippen molar-refractivity contribution in [3.8, 4) is 0 Å². The number of piperidine rings is 1. The fourth-order valence-electron chi connectivity index (χ4n) is 2.51. The van der Waals surface area contributed by atoms with Crippen LogP contribution in [0.5, 0.6) is 0 Å². The van der Waals surface area contributed by atoms with Gasteiger partial charge in [-0.3, -0.25) is 4.55 Å². The van der Waals surface area contributed by atoms with Gasteiger partial charge in [0.2, 0.25) is 0 Å². The van der Waals surface area contributed by atoms with Crippen molar-refractivity contribution in [1.82, 2.24) is 4.90 Å². The zero-order valence-corrected chi connectivity index (χ0v) is 17.1. The third kappa shape index (κ3) is 6.70. The highest BCUT2D eigenvalue weighted by Crippen LogP contribution is 2.38. The van der Waals surface area contributed by atoms with Crippen LogP contribution in [0.15, 0.2) is 5.11 Å². The van der Waals surface area contributed by atoms with Gasteiger partial charge in [-0.15, -0.1) is 0 Å². The lowest BCUT2D eigenvalue weighted by atomic mass is 10.0. The normalized spacial score (nSPS) is 23.8. The molecule has 1 aliphatic rings. The number of hydrogen-bond donors (Lipinski definition) is 1. The Morgan fingerprint density at radius 2 is 2.04 bits per heavy atom. The molecule has 0 amide bonds. The molecule has 0 spiro atoms. The fourth-order valence-corrected chi connectivity index (χ4v) is 4.35. The summed E-state index contributed by atoms with van der Waals surface area (Å²) in [6.07, 6.45) is 0.883. The first-order valence-corrected chi connectivity index (χ1v) is 12.8. The van der Waals surface area contributed by atoms with Crippen molar-refractivity contribution in [3.05, 3.63) is 10.4 Å². The minimum Gasteiger partial charge on any atom is -0.412 e. The summed E-state index contributed by atoms with van der Waals surface area (Å²) in [5.74, 6) is -0.239. The Morgan fingerprint density at radius 1 is 1.42 bits per heavy atom. The van der Waals surface area contributed by atoms with E-state index in [2.05, 4.69) is 48.8 Å². The maximum atomic E-state index is 10.8. The van der Waals surface area contributed by atoms with Crippen molar-refractivity contribution in [2.45, 2.75) is 63.9 Å². The van der Waals surface area contributed by atoms with Crippen LogP contribution in [0.2, 0.25) is 18.1 Å². The first-order chi connectivity index (χ1) is 10.9. The van der Waals surface area contributed by atoms with Gasteiger partial charge in [-0.25, -0.2) is 0 Å². The van der Waals surface area contributed by atoms with Gasteiger partial charge in [0.25, 0.3) is 10.1 Å². The average Bonchev–Trinajstić information content (AvgIpc) is 2.38. The van der Waals surface area contributed by atoms with Crippen LogP contribution in [0, 0.1) is 0 Å². The monoisotopic (exact) mass is 378 g/mol. The smallest absolute Gasteiger partial charge is 0.264 e. The molecule has 0 aliphatic carbocycles. The van der Waals surface area contributed by atoms with E-state index in [-0.39, 0.29) is 22.9 Å². The van der Waals surface area contributed by atoms with Gasteiger partial charge in [0, 0.05) is 11.5 Å². The van der Waals surface area contributed by atoms with E-state index in [4.69, 9.17) is 14.5 Å². The summed E-state index contributed by atoms with van der Waals surface area (Å²) in [6.45, 7) is 12.7. The quantitative estimate of drug-likeness (QED) is 0.240. The maximum absolute atomic E-state index is 10.8. The summed E-state index contributed by atoms with van der Waals surface area (Å²) in [4.78, 5) is 5.07. The van der Waals surface area contributed by atoms with E-state index in [0.29, 0.717) is 25.9 Å². The molecule has 1 saturated heterocycles. The zero-order valence-electron chi connectivity index (χ0n) is 15.3. The van der Waals surface area contributed by atoms with Crippen LogP contribution in [0.4, 0.5) is 0 Å². The topological polar surface area (TPSA) is 116 Å². The van der Waals surface area contributed by atoms with Gasteiger partial charge in [-0.2, -0.15) is 8.42 Å². The number of azide groups is 1. The van der Waals surface area contributed by atoms with E-state index < -0.39 is 18.4 Å². The Bertz CT molecular complexity index is 570. The Labute approximate surface area is 146 Å². The summed E-state index contributed by atoms with van der Waals surface area (Å²) < 4.78 is 37.0. The molecule has 2 atom stereocenters. The third-order valence-corrected chi connectivity index (χ3v) is 10.2. The van der Waals surface area contributed by atoms with Crippen LogP contribution in [0.25, 0.3) is 10.4 Å². The molecule has 1 heterocycles. The number of rotatable bonds is 7. The summed E-state index contributed by atoms with van der Waals surface area (Å²) >= 11 is 0. The molecule has 0 aromatic carbocycles. The SMILES string of the molecule is CC(C)(C)[Si](C)(C)O[C@H]1CN(CCCS(=O)(=O)O)CC[C@H]1N=[N+]=[N-]. The zero-order chi connectivity index (χ0) is 18.6. The second kappa shape index (κ2) is 8.16. The van der Waals surface area contributed by atoms with Crippen LogP contribution >= 0.6 is 0 Å². The molecule has 140 valence electrons. The van der Waals surface area contributed by atoms with Crippen LogP contribution < -0.4 is 0 Å². The van der Waals surface area contributed by atoms with E-state index in [1.807, 2.05) is 0 Å². The van der Waals surface area contributed by atoms with Crippen molar-refractivity contribution in [2.24, 2.45) is 5.11 Å². The Morgan fingerprint density at radius 3 is 2.54 bits per heavy atom. The number of nitrogens with zero attached hydrogens (tertiary/aromatic N) is 4. The minimum atomic E-state index is -3.92. The fraction of sp³-hybridized carbons (Fsp3) is 1.00. The summed E-state index contributed by atoms with van der Waals surface area (Å²) in [7, 11) is -5.92.